The van der Waals surface area contributed by atoms with Gasteiger partial charge in [0.1, 0.15) is 0 Å². The van der Waals surface area contributed by atoms with E-state index < -0.39 is 0 Å². The fourth-order valence-electron chi connectivity index (χ4n) is 2.94. The first-order valence-electron chi connectivity index (χ1n) is 6.75. The summed E-state index contributed by atoms with van der Waals surface area (Å²) in [4.78, 5) is 12.9. The minimum atomic E-state index is -0.332. The van der Waals surface area contributed by atoms with E-state index in [1.165, 1.54) is 6.42 Å². The Morgan fingerprint density at radius 1 is 1.47 bits per heavy atom. The van der Waals surface area contributed by atoms with E-state index in [4.69, 9.17) is 5.73 Å². The van der Waals surface area contributed by atoms with Gasteiger partial charge in [0.2, 0.25) is 0 Å². The predicted octanol–water partition coefficient (Wildman–Crippen LogP) is 2.47. The molecule has 0 aliphatic carbocycles. The quantitative estimate of drug-likeness (QED) is 0.671. The lowest BCUT2D eigenvalue weighted by atomic mass is 9.90. The summed E-state index contributed by atoms with van der Waals surface area (Å²) in [5.41, 5.74) is 7.88. The van der Waals surface area contributed by atoms with Crippen LogP contribution in [0.3, 0.4) is 0 Å². The molecule has 104 valence electrons. The molecule has 0 aromatic heterocycles. The smallest absolute Gasteiger partial charge is 0.271 e. The Kier molecular flexibility index (Phi) is 4.04. The molecule has 1 saturated heterocycles. The summed E-state index contributed by atoms with van der Waals surface area (Å²) in [6, 6.07) is 5.55. The van der Waals surface area contributed by atoms with Gasteiger partial charge < -0.3 is 10.6 Å². The summed E-state index contributed by atoms with van der Waals surface area (Å²) in [7, 11) is 0. The second-order valence-corrected chi connectivity index (χ2v) is 5.40. The van der Waals surface area contributed by atoms with Gasteiger partial charge >= 0.3 is 0 Å². The molecule has 0 radical (unpaired) electrons. The first-order chi connectivity index (χ1) is 9.02. The number of hydrogen-bond acceptors (Lipinski definition) is 4. The van der Waals surface area contributed by atoms with E-state index in [1.54, 1.807) is 12.1 Å². The van der Waals surface area contributed by atoms with E-state index in [2.05, 4.69) is 11.8 Å². The molecule has 1 aromatic carbocycles. The Morgan fingerprint density at radius 2 is 2.21 bits per heavy atom. The topological polar surface area (TPSA) is 72.4 Å². The zero-order valence-corrected chi connectivity index (χ0v) is 11.5. The van der Waals surface area contributed by atoms with Crippen LogP contribution in [0.1, 0.15) is 25.3 Å². The molecule has 2 unspecified atom stereocenters. The van der Waals surface area contributed by atoms with Crippen LogP contribution in [0.5, 0.6) is 0 Å². The lowest BCUT2D eigenvalue weighted by Gasteiger charge is -2.41. The number of aryl methyl sites for hydroxylation is 1. The summed E-state index contributed by atoms with van der Waals surface area (Å²) in [6.45, 7) is 5.60. The van der Waals surface area contributed by atoms with Gasteiger partial charge in [-0.2, -0.15) is 0 Å². The molecular weight excluding hydrogens is 242 g/mol. The molecule has 1 fully saturated rings. The van der Waals surface area contributed by atoms with E-state index in [-0.39, 0.29) is 16.7 Å². The van der Waals surface area contributed by atoms with Crippen molar-refractivity contribution >= 4 is 11.4 Å². The highest BCUT2D eigenvalue weighted by molar-refractivity contribution is 5.56. The van der Waals surface area contributed by atoms with Crippen LogP contribution < -0.4 is 10.6 Å². The van der Waals surface area contributed by atoms with Gasteiger partial charge in [0.15, 0.2) is 0 Å². The Hall–Kier alpha value is -1.62. The first-order valence-corrected chi connectivity index (χ1v) is 6.75. The number of anilines is 1. The van der Waals surface area contributed by atoms with Gasteiger partial charge in [0.25, 0.3) is 5.69 Å². The lowest BCUT2D eigenvalue weighted by Crippen LogP contribution is -2.48. The summed E-state index contributed by atoms with van der Waals surface area (Å²) >= 11 is 0. The molecule has 1 heterocycles. The van der Waals surface area contributed by atoms with Crippen molar-refractivity contribution in [3.8, 4) is 0 Å². The van der Waals surface area contributed by atoms with Crippen molar-refractivity contribution in [1.82, 2.24) is 0 Å². The molecule has 5 nitrogen and oxygen atoms in total. The minimum absolute atomic E-state index is 0.156. The van der Waals surface area contributed by atoms with Crippen LogP contribution in [0, 0.1) is 23.0 Å². The number of piperidine rings is 1. The van der Waals surface area contributed by atoms with E-state index in [9.17, 15) is 10.1 Å². The molecule has 0 saturated carbocycles. The van der Waals surface area contributed by atoms with Gasteiger partial charge in [0.05, 0.1) is 4.92 Å². The van der Waals surface area contributed by atoms with Crippen molar-refractivity contribution in [3.63, 3.8) is 0 Å². The second kappa shape index (κ2) is 5.57. The Morgan fingerprint density at radius 3 is 2.84 bits per heavy atom. The fourth-order valence-corrected chi connectivity index (χ4v) is 2.94. The second-order valence-electron chi connectivity index (χ2n) is 5.40. The Balaban J connectivity index is 2.36. The summed E-state index contributed by atoms with van der Waals surface area (Å²) in [6.07, 6.45) is 2.28. The van der Waals surface area contributed by atoms with Crippen LogP contribution in [0.4, 0.5) is 11.4 Å². The van der Waals surface area contributed by atoms with Crippen molar-refractivity contribution in [2.45, 2.75) is 32.7 Å². The molecule has 0 amide bonds. The van der Waals surface area contributed by atoms with Crippen LogP contribution in [0.15, 0.2) is 18.2 Å². The van der Waals surface area contributed by atoms with Crippen LogP contribution >= 0.6 is 0 Å². The largest absolute Gasteiger partial charge is 0.367 e. The van der Waals surface area contributed by atoms with Gasteiger partial charge in [-0.15, -0.1) is 0 Å². The van der Waals surface area contributed by atoms with Crippen molar-refractivity contribution in [3.05, 3.63) is 33.9 Å². The molecule has 1 aliphatic rings. The number of rotatable bonds is 3. The number of nitro groups is 1. The average molecular weight is 263 g/mol. The van der Waals surface area contributed by atoms with Gasteiger partial charge in [-0.3, -0.25) is 10.1 Å². The van der Waals surface area contributed by atoms with E-state index in [0.29, 0.717) is 12.5 Å². The maximum atomic E-state index is 11.0. The molecule has 5 heteroatoms. The maximum absolute atomic E-state index is 11.0. The third-order valence-corrected chi connectivity index (χ3v) is 3.95. The number of hydrogen-bond donors (Lipinski definition) is 1. The Bertz CT molecular complexity index is 476. The molecule has 0 bridgehead atoms. The highest BCUT2D eigenvalue weighted by Crippen LogP contribution is 2.31. The highest BCUT2D eigenvalue weighted by Gasteiger charge is 2.28. The van der Waals surface area contributed by atoms with Crippen molar-refractivity contribution in [2.75, 3.05) is 18.0 Å². The lowest BCUT2D eigenvalue weighted by molar-refractivity contribution is -0.384. The summed E-state index contributed by atoms with van der Waals surface area (Å²) < 4.78 is 0. The van der Waals surface area contributed by atoms with Gasteiger partial charge in [-0.25, -0.2) is 0 Å². The minimum Gasteiger partial charge on any atom is -0.367 e. The Labute approximate surface area is 113 Å². The molecule has 0 spiro atoms. The zero-order chi connectivity index (χ0) is 14.0. The SMILES string of the molecule is Cc1cc(N2CCCC(C)C2CN)cc([N+](=O)[O-])c1. The van der Waals surface area contributed by atoms with Crippen molar-refractivity contribution < 1.29 is 4.92 Å². The highest BCUT2D eigenvalue weighted by atomic mass is 16.6. The number of nitro benzene ring substituents is 1. The van der Waals surface area contributed by atoms with E-state index in [1.807, 2.05) is 13.0 Å². The number of benzene rings is 1. The van der Waals surface area contributed by atoms with Gasteiger partial charge in [-0.05, 0) is 37.3 Å². The molecule has 1 aliphatic heterocycles. The van der Waals surface area contributed by atoms with Crippen molar-refractivity contribution in [1.29, 1.82) is 0 Å². The molecule has 19 heavy (non-hydrogen) atoms. The number of nitrogens with two attached hydrogens (primary N) is 1. The van der Waals surface area contributed by atoms with Crippen LogP contribution in [-0.4, -0.2) is 24.1 Å². The normalized spacial score (nSPS) is 23.4. The van der Waals surface area contributed by atoms with Crippen LogP contribution in [0.2, 0.25) is 0 Å². The molecule has 2 rings (SSSR count). The molecule has 2 atom stereocenters. The van der Waals surface area contributed by atoms with Gasteiger partial charge in [-0.1, -0.05) is 6.92 Å². The standard InChI is InChI=1S/C14H21N3O2/c1-10-6-12(8-13(7-10)17(18)19)16-5-3-4-11(2)14(16)9-15/h6-8,11,14H,3-5,9,15H2,1-2H3. The summed E-state index contributed by atoms with van der Waals surface area (Å²) in [5.74, 6) is 0.526. The molecule has 1 aromatic rings. The number of non-ortho nitro benzene ring substituents is 1. The summed E-state index contributed by atoms with van der Waals surface area (Å²) in [5, 5.41) is 11.0. The average Bonchev–Trinajstić information content (AvgIpc) is 2.37. The maximum Gasteiger partial charge on any atom is 0.271 e. The fraction of sp³-hybridized carbons (Fsp3) is 0.571. The monoisotopic (exact) mass is 263 g/mol. The zero-order valence-electron chi connectivity index (χ0n) is 11.5. The van der Waals surface area contributed by atoms with Crippen molar-refractivity contribution in [2.24, 2.45) is 11.7 Å². The van der Waals surface area contributed by atoms with E-state index >= 15 is 0 Å². The molecule has 2 N–H and O–H groups in total. The molecular formula is C14H21N3O2. The van der Waals surface area contributed by atoms with Gasteiger partial charge in [0, 0.05) is 37.0 Å². The van der Waals surface area contributed by atoms with E-state index in [0.717, 1.165) is 24.2 Å². The third kappa shape index (κ3) is 2.87. The predicted molar refractivity (Wildman–Crippen MR) is 76.4 cm³/mol. The number of nitrogens with zero attached hydrogens (tertiary/aromatic N) is 2. The van der Waals surface area contributed by atoms with Crippen LogP contribution in [0.25, 0.3) is 0 Å². The van der Waals surface area contributed by atoms with Crippen LogP contribution in [-0.2, 0) is 0 Å². The first kappa shape index (κ1) is 13.8. The third-order valence-electron chi connectivity index (χ3n) is 3.95.